The van der Waals surface area contributed by atoms with Crippen LogP contribution >= 0.6 is 7.82 Å². The molecule has 1 heterocycles. The van der Waals surface area contributed by atoms with E-state index in [0.29, 0.717) is 11.5 Å². The molecule has 0 unspecified atom stereocenters. The third-order valence-corrected chi connectivity index (χ3v) is 8.76. The van der Waals surface area contributed by atoms with Crippen molar-refractivity contribution in [1.82, 2.24) is 0 Å². The van der Waals surface area contributed by atoms with E-state index in [1.807, 2.05) is 48.5 Å². The highest BCUT2D eigenvalue weighted by Gasteiger charge is 2.40. The van der Waals surface area contributed by atoms with Gasteiger partial charge in [0.1, 0.15) is 19.6 Å². The van der Waals surface area contributed by atoms with Gasteiger partial charge in [-0.05, 0) is 29.4 Å². The Morgan fingerprint density at radius 2 is 1.41 bits per heavy atom. The zero-order chi connectivity index (χ0) is 15.8. The molecule has 0 radical (unpaired) electrons. The first kappa shape index (κ1) is 15.3. The number of hydrogen-bond acceptors (Lipinski definition) is 4. The van der Waals surface area contributed by atoms with Gasteiger partial charge in [0.05, 0.1) is 6.61 Å². The summed E-state index contributed by atoms with van der Waals surface area (Å²) in [6, 6.07) is 15.4. The molecule has 0 saturated heterocycles. The molecular weight excluding hydrogens is 315 g/mol. The van der Waals surface area contributed by atoms with Crippen LogP contribution in [-0.4, -0.2) is 14.7 Å². The van der Waals surface area contributed by atoms with Crippen molar-refractivity contribution < 1.29 is 18.1 Å². The molecule has 0 saturated carbocycles. The van der Waals surface area contributed by atoms with Gasteiger partial charge in [-0.2, -0.15) is 0 Å². The summed E-state index contributed by atoms with van der Waals surface area (Å²) in [7, 11) is -5.71. The third kappa shape index (κ3) is 2.60. The molecule has 4 nitrogen and oxygen atoms in total. The van der Waals surface area contributed by atoms with Crippen LogP contribution in [0.5, 0.6) is 11.5 Å². The fourth-order valence-electron chi connectivity index (χ4n) is 2.74. The normalized spacial score (nSPS) is 18.0. The number of phosphoric ester groups is 1. The lowest BCUT2D eigenvalue weighted by Crippen LogP contribution is -2.54. The van der Waals surface area contributed by atoms with E-state index in [2.05, 4.69) is 13.1 Å². The van der Waals surface area contributed by atoms with Gasteiger partial charge in [-0.1, -0.05) is 49.5 Å². The molecule has 0 atom stereocenters. The van der Waals surface area contributed by atoms with Gasteiger partial charge in [0, 0.05) is 0 Å². The van der Waals surface area contributed by atoms with Crippen LogP contribution in [0.4, 0.5) is 0 Å². The zero-order valence-corrected chi connectivity index (χ0v) is 14.8. The Hall–Kier alpha value is -1.55. The van der Waals surface area contributed by atoms with Gasteiger partial charge >= 0.3 is 7.82 Å². The second-order valence-electron chi connectivity index (χ2n) is 5.66. The molecule has 0 aromatic heterocycles. The Bertz CT molecular complexity index is 689. The highest BCUT2D eigenvalue weighted by atomic mass is 31.2. The van der Waals surface area contributed by atoms with E-state index in [4.69, 9.17) is 13.6 Å². The maximum Gasteiger partial charge on any atom is 0.587 e. The van der Waals surface area contributed by atoms with E-state index in [-0.39, 0.29) is 6.61 Å². The number of hydrogen-bond donors (Lipinski definition) is 0. The minimum absolute atomic E-state index is 0.252. The van der Waals surface area contributed by atoms with Gasteiger partial charge in [-0.3, -0.25) is 4.52 Å². The lowest BCUT2D eigenvalue weighted by Gasteiger charge is -2.32. The van der Waals surface area contributed by atoms with Crippen molar-refractivity contribution in [3.63, 3.8) is 0 Å². The van der Waals surface area contributed by atoms with Gasteiger partial charge in [-0.25, -0.2) is 4.57 Å². The van der Waals surface area contributed by atoms with Crippen molar-refractivity contribution >= 4 is 26.3 Å². The Morgan fingerprint density at radius 3 is 1.86 bits per heavy atom. The maximum absolute atomic E-state index is 12.9. The summed E-state index contributed by atoms with van der Waals surface area (Å²) in [5.74, 6) is 1.18. The zero-order valence-electron chi connectivity index (χ0n) is 12.9. The van der Waals surface area contributed by atoms with E-state index in [1.54, 1.807) is 6.92 Å². The molecule has 0 N–H and O–H groups in total. The fraction of sp³-hybridized carbons (Fsp3) is 0.250. The Balaban J connectivity index is 2.25. The predicted molar refractivity (Wildman–Crippen MR) is 90.1 cm³/mol. The minimum Gasteiger partial charge on any atom is -0.395 e. The van der Waals surface area contributed by atoms with Crippen LogP contribution in [0.1, 0.15) is 6.92 Å². The second kappa shape index (κ2) is 5.58. The van der Waals surface area contributed by atoms with Crippen LogP contribution in [0.2, 0.25) is 13.1 Å². The minimum atomic E-state index is -3.68. The summed E-state index contributed by atoms with van der Waals surface area (Å²) in [5, 5.41) is 2.18. The molecule has 0 amide bonds. The van der Waals surface area contributed by atoms with E-state index in [9.17, 15) is 4.57 Å². The lowest BCUT2D eigenvalue weighted by molar-refractivity contribution is 0.220. The summed E-state index contributed by atoms with van der Waals surface area (Å²) in [6.45, 7) is 6.48. The van der Waals surface area contributed by atoms with E-state index in [0.717, 1.165) is 10.4 Å². The molecule has 22 heavy (non-hydrogen) atoms. The average Bonchev–Trinajstić information content (AvgIpc) is 2.47. The second-order valence-corrected chi connectivity index (χ2v) is 11.5. The van der Waals surface area contributed by atoms with Crippen molar-refractivity contribution in [2.24, 2.45) is 0 Å². The Kier molecular flexibility index (Phi) is 3.89. The molecule has 116 valence electrons. The third-order valence-electron chi connectivity index (χ3n) is 3.83. The van der Waals surface area contributed by atoms with Crippen LogP contribution in [0, 0.1) is 0 Å². The van der Waals surface area contributed by atoms with Crippen LogP contribution in [-0.2, 0) is 9.09 Å². The van der Waals surface area contributed by atoms with Crippen molar-refractivity contribution in [2.75, 3.05) is 6.61 Å². The van der Waals surface area contributed by atoms with Gasteiger partial charge in [0.2, 0.25) is 0 Å². The number of benzene rings is 2. The summed E-state index contributed by atoms with van der Waals surface area (Å²) in [6.07, 6.45) is 0. The number of fused-ring (bicyclic) bond motifs is 2. The largest absolute Gasteiger partial charge is 0.587 e. The fourth-order valence-corrected chi connectivity index (χ4v) is 6.99. The monoisotopic (exact) mass is 334 g/mol. The molecule has 1 aliphatic rings. The first-order valence-corrected chi connectivity index (χ1v) is 11.7. The molecule has 0 bridgehead atoms. The molecule has 0 aliphatic carbocycles. The van der Waals surface area contributed by atoms with Gasteiger partial charge in [0.15, 0.2) is 0 Å². The first-order chi connectivity index (χ1) is 10.5. The number of rotatable bonds is 2. The number of para-hydroxylation sites is 2. The Labute approximate surface area is 131 Å². The van der Waals surface area contributed by atoms with Crippen LogP contribution in [0.15, 0.2) is 48.5 Å². The topological polar surface area (TPSA) is 44.8 Å². The average molecular weight is 334 g/mol. The molecule has 2 aromatic rings. The molecule has 3 rings (SSSR count). The van der Waals surface area contributed by atoms with Crippen molar-refractivity contribution in [2.45, 2.75) is 20.0 Å². The maximum atomic E-state index is 12.9. The molecule has 6 heteroatoms. The van der Waals surface area contributed by atoms with E-state index in [1.165, 1.54) is 0 Å². The first-order valence-electron chi connectivity index (χ1n) is 7.29. The summed E-state index contributed by atoms with van der Waals surface area (Å²) in [4.78, 5) is 0. The molecule has 1 aliphatic heterocycles. The molecule has 0 fully saturated rings. The molecular formula is C16H19O4PSi. The SMILES string of the molecule is CCOP1(=O)Oc2ccccc2[Si](C)(C)c2ccccc2O1. The van der Waals surface area contributed by atoms with Crippen LogP contribution in [0.3, 0.4) is 0 Å². The predicted octanol–water partition coefficient (Wildman–Crippen LogP) is 3.43. The van der Waals surface area contributed by atoms with Crippen molar-refractivity contribution in [3.05, 3.63) is 48.5 Å². The lowest BCUT2D eigenvalue weighted by atomic mass is 10.3. The quantitative estimate of drug-likeness (QED) is 0.623. The Morgan fingerprint density at radius 1 is 0.955 bits per heavy atom. The van der Waals surface area contributed by atoms with E-state index < -0.39 is 15.9 Å². The van der Waals surface area contributed by atoms with Gasteiger partial charge in [-0.15, -0.1) is 0 Å². The number of phosphoric acid groups is 1. The van der Waals surface area contributed by atoms with Gasteiger partial charge in [0.25, 0.3) is 0 Å². The summed E-state index contributed by atoms with van der Waals surface area (Å²) >= 11 is 0. The molecule has 0 spiro atoms. The van der Waals surface area contributed by atoms with E-state index >= 15 is 0 Å². The van der Waals surface area contributed by atoms with Crippen molar-refractivity contribution in [3.8, 4) is 11.5 Å². The smallest absolute Gasteiger partial charge is 0.395 e. The standard InChI is InChI=1S/C16H19O4PSi/c1-4-18-21(17)19-13-9-5-7-11-15(13)22(2,3)16-12-8-6-10-14(16)20-21/h5-12H,4H2,1-3H3. The highest BCUT2D eigenvalue weighted by molar-refractivity contribution is 7.49. The molecule has 2 aromatic carbocycles. The van der Waals surface area contributed by atoms with Crippen molar-refractivity contribution in [1.29, 1.82) is 0 Å². The van der Waals surface area contributed by atoms with Crippen LogP contribution < -0.4 is 19.4 Å². The van der Waals surface area contributed by atoms with Crippen LogP contribution in [0.25, 0.3) is 0 Å². The highest BCUT2D eigenvalue weighted by Crippen LogP contribution is 2.50. The van der Waals surface area contributed by atoms with Gasteiger partial charge < -0.3 is 9.05 Å². The summed E-state index contributed by atoms with van der Waals surface area (Å²) < 4.78 is 29.6. The summed E-state index contributed by atoms with van der Waals surface area (Å²) in [5.41, 5.74) is 0.